The Kier molecular flexibility index (Phi) is 4.62. The molecule has 4 rings (SSSR count). The van der Waals surface area contributed by atoms with E-state index in [2.05, 4.69) is 15.3 Å². The van der Waals surface area contributed by atoms with E-state index in [1.165, 1.54) is 23.5 Å². The van der Waals surface area contributed by atoms with E-state index >= 15 is 0 Å². The number of hydrogen-bond acceptors (Lipinski definition) is 5. The van der Waals surface area contributed by atoms with E-state index in [1.54, 1.807) is 30.5 Å². The number of anilines is 1. The van der Waals surface area contributed by atoms with Gasteiger partial charge in [0.15, 0.2) is 5.13 Å². The molecule has 0 bridgehead atoms. The summed E-state index contributed by atoms with van der Waals surface area (Å²) in [5, 5.41) is 6.15. The number of nitrogens with one attached hydrogen (secondary N) is 1. The van der Waals surface area contributed by atoms with Crippen molar-refractivity contribution in [2.45, 2.75) is 12.5 Å². The highest BCUT2D eigenvalue weighted by atomic mass is 32.1. The number of hydrogen-bond donors (Lipinski definition) is 1. The molecule has 1 atom stereocenters. The van der Waals surface area contributed by atoms with Gasteiger partial charge in [-0.15, -0.1) is 11.3 Å². The van der Waals surface area contributed by atoms with Gasteiger partial charge in [-0.3, -0.25) is 9.78 Å². The molecule has 0 aliphatic carbocycles. The molecular weight excluding hydrogens is 351 g/mol. The molecule has 1 amide bonds. The molecule has 1 aliphatic heterocycles. The van der Waals surface area contributed by atoms with Crippen molar-refractivity contribution in [1.82, 2.24) is 14.9 Å². The first kappa shape index (κ1) is 16.7. The second-order valence-electron chi connectivity index (χ2n) is 6.14. The van der Waals surface area contributed by atoms with E-state index < -0.39 is 0 Å². The number of nitrogens with zero attached hydrogens (tertiary/aromatic N) is 3. The molecule has 0 spiro atoms. The number of likely N-dealkylation sites (tertiary alicyclic amines) is 1. The average Bonchev–Trinajstić information content (AvgIpc) is 3.33. The van der Waals surface area contributed by atoms with Crippen molar-refractivity contribution < 1.29 is 9.18 Å². The summed E-state index contributed by atoms with van der Waals surface area (Å²) < 4.78 is 13.0. The first-order chi connectivity index (χ1) is 12.7. The maximum Gasteiger partial charge on any atom is 0.272 e. The van der Waals surface area contributed by atoms with Gasteiger partial charge in [0.05, 0.1) is 5.69 Å². The lowest BCUT2D eigenvalue weighted by atomic mass is 10.2. The quantitative estimate of drug-likeness (QED) is 0.763. The summed E-state index contributed by atoms with van der Waals surface area (Å²) in [6, 6.07) is 11.8. The van der Waals surface area contributed by atoms with E-state index in [0.29, 0.717) is 18.8 Å². The molecule has 1 fully saturated rings. The number of pyridine rings is 1. The Labute approximate surface area is 154 Å². The molecule has 1 aliphatic rings. The minimum atomic E-state index is -0.258. The molecule has 1 unspecified atom stereocenters. The van der Waals surface area contributed by atoms with Gasteiger partial charge in [0.1, 0.15) is 11.5 Å². The highest BCUT2D eigenvalue weighted by molar-refractivity contribution is 7.14. The fourth-order valence-corrected chi connectivity index (χ4v) is 3.78. The van der Waals surface area contributed by atoms with Crippen LogP contribution in [0.15, 0.2) is 54.0 Å². The third kappa shape index (κ3) is 3.57. The Morgan fingerprint density at radius 2 is 2.08 bits per heavy atom. The molecular formula is C19H17FN4OS. The van der Waals surface area contributed by atoms with Gasteiger partial charge in [-0.05, 0) is 42.8 Å². The first-order valence-electron chi connectivity index (χ1n) is 8.37. The van der Waals surface area contributed by atoms with Gasteiger partial charge in [-0.2, -0.15) is 0 Å². The predicted molar refractivity (Wildman–Crippen MR) is 99.7 cm³/mol. The minimum Gasteiger partial charge on any atom is -0.357 e. The van der Waals surface area contributed by atoms with E-state index in [-0.39, 0.29) is 17.8 Å². The minimum absolute atomic E-state index is 0.0407. The molecule has 3 heterocycles. The molecule has 3 aromatic rings. The molecule has 5 nitrogen and oxygen atoms in total. The van der Waals surface area contributed by atoms with Gasteiger partial charge < -0.3 is 10.2 Å². The largest absolute Gasteiger partial charge is 0.357 e. The monoisotopic (exact) mass is 368 g/mol. The number of carbonyl (C=O) groups is 1. The van der Waals surface area contributed by atoms with Crippen LogP contribution in [0, 0.1) is 5.82 Å². The summed E-state index contributed by atoms with van der Waals surface area (Å²) in [6.45, 7) is 1.32. The normalized spacial score (nSPS) is 16.7. The van der Waals surface area contributed by atoms with Crippen LogP contribution in [0.3, 0.4) is 0 Å². The summed E-state index contributed by atoms with van der Waals surface area (Å²) in [5.41, 5.74) is 2.17. The molecule has 0 radical (unpaired) electrons. The van der Waals surface area contributed by atoms with Crippen molar-refractivity contribution in [2.75, 3.05) is 18.4 Å². The average molecular weight is 368 g/mol. The SMILES string of the molecule is O=C(c1ccccn1)N1CCC(Nc2nc(-c3ccc(F)cc3)cs2)C1. The van der Waals surface area contributed by atoms with Gasteiger partial charge in [0.25, 0.3) is 5.91 Å². The van der Waals surface area contributed by atoms with E-state index in [1.807, 2.05) is 16.3 Å². The molecule has 26 heavy (non-hydrogen) atoms. The summed E-state index contributed by atoms with van der Waals surface area (Å²) in [4.78, 5) is 23.0. The Bertz CT molecular complexity index is 897. The second-order valence-corrected chi connectivity index (χ2v) is 7.00. The third-order valence-corrected chi connectivity index (χ3v) is 5.10. The van der Waals surface area contributed by atoms with Gasteiger partial charge in [0.2, 0.25) is 0 Å². The maximum absolute atomic E-state index is 13.0. The van der Waals surface area contributed by atoms with Crippen LogP contribution in [0.2, 0.25) is 0 Å². The van der Waals surface area contributed by atoms with Gasteiger partial charge in [0, 0.05) is 36.3 Å². The van der Waals surface area contributed by atoms with E-state index in [9.17, 15) is 9.18 Å². The second kappa shape index (κ2) is 7.21. The standard InChI is InChI=1S/C19H17FN4OS/c20-14-6-4-13(5-7-14)17-12-26-19(23-17)22-15-8-10-24(11-15)18(25)16-3-1-2-9-21-16/h1-7,9,12,15H,8,10-11H2,(H,22,23). The van der Waals surface area contributed by atoms with Crippen LogP contribution >= 0.6 is 11.3 Å². The zero-order valence-electron chi connectivity index (χ0n) is 13.9. The molecule has 2 aromatic heterocycles. The van der Waals surface area contributed by atoms with Gasteiger partial charge in [-0.1, -0.05) is 6.07 Å². The summed E-state index contributed by atoms with van der Waals surface area (Å²) in [7, 11) is 0. The van der Waals surface area contributed by atoms with Gasteiger partial charge >= 0.3 is 0 Å². The van der Waals surface area contributed by atoms with E-state index in [4.69, 9.17) is 0 Å². The van der Waals surface area contributed by atoms with Crippen molar-refractivity contribution in [3.8, 4) is 11.3 Å². The Morgan fingerprint density at radius 3 is 2.85 bits per heavy atom. The van der Waals surface area contributed by atoms with Crippen LogP contribution in [0.4, 0.5) is 9.52 Å². The van der Waals surface area contributed by atoms with Crippen LogP contribution in [-0.4, -0.2) is 39.9 Å². The number of halogens is 1. The fourth-order valence-electron chi connectivity index (χ4n) is 2.98. The Hall–Kier alpha value is -2.80. The molecule has 0 saturated carbocycles. The van der Waals surface area contributed by atoms with Crippen molar-refractivity contribution >= 4 is 22.4 Å². The van der Waals surface area contributed by atoms with Crippen LogP contribution in [0.25, 0.3) is 11.3 Å². The van der Waals surface area contributed by atoms with Crippen molar-refractivity contribution in [3.63, 3.8) is 0 Å². The number of rotatable bonds is 4. The summed E-state index contributed by atoms with van der Waals surface area (Å²) >= 11 is 1.51. The van der Waals surface area contributed by atoms with Gasteiger partial charge in [-0.25, -0.2) is 9.37 Å². The predicted octanol–water partition coefficient (Wildman–Crippen LogP) is 3.67. The lowest BCUT2D eigenvalue weighted by Crippen LogP contribution is -2.32. The number of amides is 1. The lowest BCUT2D eigenvalue weighted by Gasteiger charge is -2.16. The Morgan fingerprint density at radius 1 is 1.23 bits per heavy atom. The number of carbonyl (C=O) groups excluding carboxylic acids is 1. The highest BCUT2D eigenvalue weighted by Crippen LogP contribution is 2.26. The topological polar surface area (TPSA) is 58.1 Å². The third-order valence-electron chi connectivity index (χ3n) is 4.33. The van der Waals surface area contributed by atoms with Crippen LogP contribution in [0.5, 0.6) is 0 Å². The highest BCUT2D eigenvalue weighted by Gasteiger charge is 2.28. The smallest absolute Gasteiger partial charge is 0.272 e. The lowest BCUT2D eigenvalue weighted by molar-refractivity contribution is 0.0786. The fraction of sp³-hybridized carbons (Fsp3) is 0.211. The maximum atomic E-state index is 13.0. The van der Waals surface area contributed by atoms with Crippen LogP contribution in [-0.2, 0) is 0 Å². The van der Waals surface area contributed by atoms with Crippen LogP contribution < -0.4 is 5.32 Å². The zero-order valence-corrected chi connectivity index (χ0v) is 14.7. The molecule has 1 saturated heterocycles. The zero-order chi connectivity index (χ0) is 17.9. The van der Waals surface area contributed by atoms with Crippen LogP contribution in [0.1, 0.15) is 16.9 Å². The van der Waals surface area contributed by atoms with Crippen molar-refractivity contribution in [2.24, 2.45) is 0 Å². The molecule has 1 aromatic carbocycles. The number of benzene rings is 1. The van der Waals surface area contributed by atoms with Crippen molar-refractivity contribution in [3.05, 3.63) is 65.6 Å². The molecule has 7 heteroatoms. The first-order valence-corrected chi connectivity index (χ1v) is 9.25. The van der Waals surface area contributed by atoms with Crippen molar-refractivity contribution in [1.29, 1.82) is 0 Å². The molecule has 1 N–H and O–H groups in total. The molecule has 132 valence electrons. The number of thiazole rings is 1. The summed E-state index contributed by atoms with van der Waals surface area (Å²) in [5.74, 6) is -0.299. The van der Waals surface area contributed by atoms with E-state index in [0.717, 1.165) is 22.8 Å². The summed E-state index contributed by atoms with van der Waals surface area (Å²) in [6.07, 6.45) is 2.50. The Balaban J connectivity index is 1.38. The number of aromatic nitrogens is 2.